The minimum Gasteiger partial charge on any atom is -0.370 e. The van der Waals surface area contributed by atoms with Crippen molar-refractivity contribution in [3.63, 3.8) is 0 Å². The van der Waals surface area contributed by atoms with Gasteiger partial charge in [0, 0.05) is 12.0 Å². The third-order valence-corrected chi connectivity index (χ3v) is 3.03. The van der Waals surface area contributed by atoms with Gasteiger partial charge in [0.25, 0.3) is 0 Å². The quantitative estimate of drug-likeness (QED) is 0.819. The molecule has 0 spiro atoms. The summed E-state index contributed by atoms with van der Waals surface area (Å²) in [5, 5.41) is 20.7. The van der Waals surface area contributed by atoms with E-state index in [1.807, 2.05) is 27.7 Å². The van der Waals surface area contributed by atoms with Gasteiger partial charge in [-0.2, -0.15) is 10.4 Å². The van der Waals surface area contributed by atoms with Crippen molar-refractivity contribution in [1.82, 2.24) is 10.2 Å². The highest BCUT2D eigenvalue weighted by Crippen LogP contribution is 2.23. The smallest absolute Gasteiger partial charge is 0.219 e. The van der Waals surface area contributed by atoms with Crippen LogP contribution in [0.3, 0.4) is 0 Å². The van der Waals surface area contributed by atoms with Gasteiger partial charge >= 0.3 is 0 Å². The van der Waals surface area contributed by atoms with Gasteiger partial charge in [-0.1, -0.05) is 13.8 Å². The molecule has 0 saturated carbocycles. The number of amides is 1. The van der Waals surface area contributed by atoms with Crippen LogP contribution in [0.15, 0.2) is 0 Å². The SMILES string of the molecule is CCc1nnc(NC(C)(C)CC(N)=O)c(C#N)c1CC. The van der Waals surface area contributed by atoms with E-state index in [1.54, 1.807) is 0 Å². The third-order valence-electron chi connectivity index (χ3n) is 3.03. The number of hydrogen-bond donors (Lipinski definition) is 2. The lowest BCUT2D eigenvalue weighted by molar-refractivity contribution is -0.118. The van der Waals surface area contributed by atoms with Crippen molar-refractivity contribution in [2.24, 2.45) is 5.73 Å². The van der Waals surface area contributed by atoms with Crippen molar-refractivity contribution in [2.45, 2.75) is 52.5 Å². The fourth-order valence-electron chi connectivity index (χ4n) is 2.18. The fraction of sp³-hybridized carbons (Fsp3) is 0.571. The Kier molecular flexibility index (Phi) is 5.03. The molecule has 6 nitrogen and oxygen atoms in total. The maximum atomic E-state index is 11.1. The van der Waals surface area contributed by atoms with Gasteiger partial charge in [0.05, 0.1) is 5.69 Å². The zero-order chi connectivity index (χ0) is 15.3. The first-order chi connectivity index (χ1) is 9.34. The van der Waals surface area contributed by atoms with E-state index in [0.717, 1.165) is 17.7 Å². The number of carbonyl (C=O) groups excluding carboxylic acids is 1. The van der Waals surface area contributed by atoms with Crippen LogP contribution in [0.4, 0.5) is 5.82 Å². The van der Waals surface area contributed by atoms with E-state index in [4.69, 9.17) is 5.73 Å². The third kappa shape index (κ3) is 3.67. The molecular formula is C14H21N5O. The number of anilines is 1. The Morgan fingerprint density at radius 3 is 2.45 bits per heavy atom. The number of hydrogen-bond acceptors (Lipinski definition) is 5. The fourth-order valence-corrected chi connectivity index (χ4v) is 2.18. The van der Waals surface area contributed by atoms with Gasteiger partial charge in [0.1, 0.15) is 11.6 Å². The number of nitrogens with zero attached hydrogens (tertiary/aromatic N) is 3. The van der Waals surface area contributed by atoms with Gasteiger partial charge < -0.3 is 11.1 Å². The second kappa shape index (κ2) is 6.33. The molecule has 0 aromatic carbocycles. The van der Waals surface area contributed by atoms with Crippen molar-refractivity contribution in [2.75, 3.05) is 5.32 Å². The van der Waals surface area contributed by atoms with E-state index < -0.39 is 11.4 Å². The molecule has 0 radical (unpaired) electrons. The summed E-state index contributed by atoms with van der Waals surface area (Å²) in [6.07, 6.45) is 1.60. The number of nitrogens with two attached hydrogens (primary N) is 1. The largest absolute Gasteiger partial charge is 0.370 e. The van der Waals surface area contributed by atoms with Crippen molar-refractivity contribution in [3.05, 3.63) is 16.8 Å². The summed E-state index contributed by atoms with van der Waals surface area (Å²) in [6.45, 7) is 7.63. The van der Waals surface area contributed by atoms with Crippen LogP contribution < -0.4 is 11.1 Å². The Balaban J connectivity index is 3.20. The Bertz CT molecular complexity index is 545. The van der Waals surface area contributed by atoms with Crippen molar-refractivity contribution in [1.29, 1.82) is 5.26 Å². The number of aryl methyl sites for hydroxylation is 1. The zero-order valence-electron chi connectivity index (χ0n) is 12.4. The Hall–Kier alpha value is -2.16. The summed E-state index contributed by atoms with van der Waals surface area (Å²) in [5.74, 6) is 0.00246. The highest BCUT2D eigenvalue weighted by Gasteiger charge is 2.24. The number of rotatable bonds is 6. The monoisotopic (exact) mass is 275 g/mol. The van der Waals surface area contributed by atoms with Gasteiger partial charge in [-0.15, -0.1) is 5.10 Å². The van der Waals surface area contributed by atoms with Gasteiger partial charge in [0.15, 0.2) is 5.82 Å². The molecule has 1 heterocycles. The summed E-state index contributed by atoms with van der Waals surface area (Å²) in [7, 11) is 0. The predicted octanol–water partition coefficient (Wildman–Crippen LogP) is 1.54. The highest BCUT2D eigenvalue weighted by atomic mass is 16.1. The topological polar surface area (TPSA) is 105 Å². The lowest BCUT2D eigenvalue weighted by Gasteiger charge is -2.26. The minimum atomic E-state index is -0.579. The molecule has 108 valence electrons. The molecule has 0 bridgehead atoms. The lowest BCUT2D eigenvalue weighted by Crippen LogP contribution is -2.36. The minimum absolute atomic E-state index is 0.149. The van der Waals surface area contributed by atoms with E-state index in [0.29, 0.717) is 17.8 Å². The molecule has 3 N–H and O–H groups in total. The summed E-state index contributed by atoms with van der Waals surface area (Å²) in [4.78, 5) is 11.1. The summed E-state index contributed by atoms with van der Waals surface area (Å²) in [6, 6.07) is 2.18. The van der Waals surface area contributed by atoms with E-state index >= 15 is 0 Å². The highest BCUT2D eigenvalue weighted by molar-refractivity contribution is 5.75. The predicted molar refractivity (Wildman–Crippen MR) is 77.0 cm³/mol. The molecule has 1 aromatic rings. The van der Waals surface area contributed by atoms with Crippen LogP contribution in [0, 0.1) is 11.3 Å². The second-order valence-electron chi connectivity index (χ2n) is 5.32. The van der Waals surface area contributed by atoms with Crippen LogP contribution in [-0.4, -0.2) is 21.6 Å². The molecule has 1 rings (SSSR count). The van der Waals surface area contributed by atoms with Gasteiger partial charge in [-0.3, -0.25) is 4.79 Å². The molecule has 20 heavy (non-hydrogen) atoms. The average molecular weight is 275 g/mol. The van der Waals surface area contributed by atoms with Crippen LogP contribution in [0.5, 0.6) is 0 Å². The number of nitriles is 1. The van der Waals surface area contributed by atoms with Crippen molar-refractivity contribution in [3.8, 4) is 6.07 Å². The van der Waals surface area contributed by atoms with Crippen molar-refractivity contribution >= 4 is 11.7 Å². The molecule has 6 heteroatoms. The van der Waals surface area contributed by atoms with Crippen molar-refractivity contribution < 1.29 is 4.79 Å². The van der Waals surface area contributed by atoms with Crippen LogP contribution in [0.2, 0.25) is 0 Å². The molecule has 0 atom stereocenters. The molecule has 1 amide bonds. The van der Waals surface area contributed by atoms with Crippen LogP contribution >= 0.6 is 0 Å². The molecular weight excluding hydrogens is 254 g/mol. The zero-order valence-corrected chi connectivity index (χ0v) is 12.4. The van der Waals surface area contributed by atoms with Crippen LogP contribution in [-0.2, 0) is 17.6 Å². The van der Waals surface area contributed by atoms with Gasteiger partial charge in [0.2, 0.25) is 5.91 Å². The Labute approximate surface area is 119 Å². The van der Waals surface area contributed by atoms with E-state index in [2.05, 4.69) is 21.6 Å². The normalized spacial score (nSPS) is 10.9. The maximum Gasteiger partial charge on any atom is 0.219 e. The van der Waals surface area contributed by atoms with E-state index in [-0.39, 0.29) is 6.42 Å². The van der Waals surface area contributed by atoms with E-state index in [1.165, 1.54) is 0 Å². The second-order valence-corrected chi connectivity index (χ2v) is 5.32. The molecule has 0 aliphatic rings. The van der Waals surface area contributed by atoms with Gasteiger partial charge in [-0.05, 0) is 32.3 Å². The van der Waals surface area contributed by atoms with Gasteiger partial charge in [-0.25, -0.2) is 0 Å². The number of primary amides is 1. The molecule has 0 fully saturated rings. The molecule has 0 saturated heterocycles. The molecule has 0 aliphatic heterocycles. The molecule has 1 aromatic heterocycles. The number of aromatic nitrogens is 2. The lowest BCUT2D eigenvalue weighted by atomic mass is 9.98. The van der Waals surface area contributed by atoms with Crippen LogP contribution in [0.25, 0.3) is 0 Å². The first-order valence-electron chi connectivity index (χ1n) is 6.69. The summed E-state index contributed by atoms with van der Waals surface area (Å²) < 4.78 is 0. The molecule has 0 unspecified atom stereocenters. The summed E-state index contributed by atoms with van der Waals surface area (Å²) in [5.41, 5.74) is 6.88. The average Bonchev–Trinajstić information content (AvgIpc) is 2.35. The summed E-state index contributed by atoms with van der Waals surface area (Å²) >= 11 is 0. The Morgan fingerprint density at radius 2 is 2.00 bits per heavy atom. The number of nitrogens with one attached hydrogen (secondary N) is 1. The molecule has 0 aliphatic carbocycles. The van der Waals surface area contributed by atoms with Crippen LogP contribution in [0.1, 0.15) is 50.9 Å². The Morgan fingerprint density at radius 1 is 1.35 bits per heavy atom. The standard InChI is InChI=1S/C14H21N5O/c1-5-9-10(8-15)13(19-18-11(9)6-2)17-14(3,4)7-12(16)20/h5-7H2,1-4H3,(H2,16,20)(H,17,19). The first-order valence-corrected chi connectivity index (χ1v) is 6.69. The number of carbonyl (C=O) groups is 1. The first kappa shape index (κ1) is 15.9. The maximum absolute atomic E-state index is 11.1. The van der Waals surface area contributed by atoms with E-state index in [9.17, 15) is 10.1 Å².